The number of anilines is 1. The van der Waals surface area contributed by atoms with E-state index < -0.39 is 0 Å². The van der Waals surface area contributed by atoms with Gasteiger partial charge in [0, 0.05) is 18.7 Å². The largest absolute Gasteiger partial charge is 0.390 e. The zero-order valence-corrected chi connectivity index (χ0v) is 14.8. The third-order valence-corrected chi connectivity index (χ3v) is 4.14. The number of benzene rings is 2. The highest BCUT2D eigenvalue weighted by Gasteiger charge is 2.26. The summed E-state index contributed by atoms with van der Waals surface area (Å²) in [5, 5.41) is 16.0. The van der Waals surface area contributed by atoms with Gasteiger partial charge < -0.3 is 15.1 Å². The van der Waals surface area contributed by atoms with E-state index in [0.29, 0.717) is 30.8 Å². The van der Waals surface area contributed by atoms with Crippen molar-refractivity contribution in [2.75, 3.05) is 18.4 Å². The summed E-state index contributed by atoms with van der Waals surface area (Å²) in [4.78, 5) is 19.8. The molecule has 1 N–H and O–H groups in total. The van der Waals surface area contributed by atoms with Crippen molar-refractivity contribution in [3.8, 4) is 6.07 Å². The second-order valence-corrected chi connectivity index (χ2v) is 6.15. The molecule has 1 aliphatic rings. The van der Waals surface area contributed by atoms with Crippen LogP contribution in [0.15, 0.2) is 72.4 Å². The molecule has 136 valence electrons. The molecule has 1 unspecified atom stereocenters. The molecule has 0 saturated carbocycles. The smallest absolute Gasteiger partial charge is 0.322 e. The van der Waals surface area contributed by atoms with E-state index >= 15 is 0 Å². The van der Waals surface area contributed by atoms with Crippen LogP contribution < -0.4 is 5.32 Å². The summed E-state index contributed by atoms with van der Waals surface area (Å²) < 4.78 is 0. The van der Waals surface area contributed by atoms with Crippen LogP contribution in [0.2, 0.25) is 0 Å². The minimum absolute atomic E-state index is 0.212. The molecule has 0 saturated heterocycles. The van der Waals surface area contributed by atoms with Crippen LogP contribution in [0.5, 0.6) is 0 Å². The summed E-state index contributed by atoms with van der Waals surface area (Å²) in [7, 11) is 0. The lowest BCUT2D eigenvalue weighted by molar-refractivity contribution is 0.0645. The lowest BCUT2D eigenvalue weighted by atomic mass is 10.1. The Morgan fingerprint density at radius 2 is 2.15 bits per heavy atom. The molecule has 0 spiro atoms. The molecule has 2 amide bonds. The van der Waals surface area contributed by atoms with Crippen molar-refractivity contribution in [3.05, 3.63) is 78.4 Å². The molecule has 0 fully saturated rings. The van der Waals surface area contributed by atoms with Crippen LogP contribution in [-0.2, 0) is 4.84 Å². The molecule has 6 heteroatoms. The minimum atomic E-state index is -0.276. The van der Waals surface area contributed by atoms with E-state index in [4.69, 9.17) is 10.1 Å². The van der Waals surface area contributed by atoms with Gasteiger partial charge in [-0.2, -0.15) is 5.26 Å². The van der Waals surface area contributed by atoms with Gasteiger partial charge in [0.2, 0.25) is 0 Å². The predicted molar refractivity (Wildman–Crippen MR) is 104 cm³/mol. The Labute approximate surface area is 158 Å². The minimum Gasteiger partial charge on any atom is -0.390 e. The van der Waals surface area contributed by atoms with Crippen LogP contribution in [0.4, 0.5) is 10.5 Å². The molecule has 0 radical (unpaired) electrons. The van der Waals surface area contributed by atoms with E-state index in [2.05, 4.69) is 23.1 Å². The molecule has 3 rings (SSSR count). The molecule has 1 atom stereocenters. The van der Waals surface area contributed by atoms with Gasteiger partial charge in [0.25, 0.3) is 0 Å². The SMILES string of the molecule is C=CCN(CC1CC(c2ccccc2)=NO1)C(=O)Nc1cccc(C#N)c1. The summed E-state index contributed by atoms with van der Waals surface area (Å²) in [6.45, 7) is 4.48. The number of urea groups is 1. The number of nitrogens with one attached hydrogen (secondary N) is 1. The Kier molecular flexibility index (Phi) is 5.85. The number of hydrogen-bond donors (Lipinski definition) is 1. The van der Waals surface area contributed by atoms with Gasteiger partial charge in [-0.15, -0.1) is 6.58 Å². The summed E-state index contributed by atoms with van der Waals surface area (Å²) in [6.07, 6.45) is 2.09. The lowest BCUT2D eigenvalue weighted by Gasteiger charge is -2.23. The highest BCUT2D eigenvalue weighted by molar-refractivity contribution is 6.01. The molecule has 2 aromatic rings. The predicted octanol–water partition coefficient (Wildman–Crippen LogP) is 3.77. The van der Waals surface area contributed by atoms with Crippen LogP contribution in [0.25, 0.3) is 0 Å². The second-order valence-electron chi connectivity index (χ2n) is 6.15. The van der Waals surface area contributed by atoms with E-state index in [0.717, 1.165) is 11.3 Å². The third-order valence-electron chi connectivity index (χ3n) is 4.14. The molecule has 0 aromatic heterocycles. The maximum atomic E-state index is 12.6. The van der Waals surface area contributed by atoms with Crippen molar-refractivity contribution in [2.24, 2.45) is 5.16 Å². The van der Waals surface area contributed by atoms with Crippen molar-refractivity contribution in [3.63, 3.8) is 0 Å². The Balaban J connectivity index is 1.61. The zero-order valence-electron chi connectivity index (χ0n) is 14.8. The number of rotatable bonds is 6. The molecule has 2 aromatic carbocycles. The van der Waals surface area contributed by atoms with E-state index in [9.17, 15) is 4.79 Å². The summed E-state index contributed by atoms with van der Waals surface area (Å²) in [5.74, 6) is 0. The fourth-order valence-electron chi connectivity index (χ4n) is 2.84. The van der Waals surface area contributed by atoms with Crippen LogP contribution in [0, 0.1) is 11.3 Å². The first-order valence-electron chi connectivity index (χ1n) is 8.64. The fourth-order valence-corrected chi connectivity index (χ4v) is 2.84. The monoisotopic (exact) mass is 360 g/mol. The fraction of sp³-hybridized carbons (Fsp3) is 0.190. The van der Waals surface area contributed by atoms with E-state index in [1.54, 1.807) is 35.2 Å². The lowest BCUT2D eigenvalue weighted by Crippen LogP contribution is -2.40. The molecule has 0 bridgehead atoms. The molecule has 1 aliphatic heterocycles. The highest BCUT2D eigenvalue weighted by Crippen LogP contribution is 2.18. The maximum absolute atomic E-state index is 12.6. The third kappa shape index (κ3) is 4.73. The molecule has 1 heterocycles. The average molecular weight is 360 g/mol. The average Bonchev–Trinajstić information content (AvgIpc) is 3.17. The van der Waals surface area contributed by atoms with Gasteiger partial charge in [-0.3, -0.25) is 0 Å². The van der Waals surface area contributed by atoms with Crippen LogP contribution in [0.1, 0.15) is 17.5 Å². The first-order valence-corrected chi connectivity index (χ1v) is 8.64. The Bertz CT molecular complexity index is 887. The van der Waals surface area contributed by atoms with Gasteiger partial charge in [0.1, 0.15) is 0 Å². The van der Waals surface area contributed by atoms with Crippen LogP contribution >= 0.6 is 0 Å². The summed E-state index contributed by atoms with van der Waals surface area (Å²) in [6, 6.07) is 18.4. The van der Waals surface area contributed by atoms with Gasteiger partial charge >= 0.3 is 6.03 Å². The first-order chi connectivity index (χ1) is 13.2. The normalized spacial score (nSPS) is 15.2. The van der Waals surface area contributed by atoms with Crippen molar-refractivity contribution in [2.45, 2.75) is 12.5 Å². The molecule has 6 nitrogen and oxygen atoms in total. The van der Waals surface area contributed by atoms with Gasteiger partial charge in [0.05, 0.1) is 23.9 Å². The van der Waals surface area contributed by atoms with Crippen molar-refractivity contribution < 1.29 is 9.63 Å². The Hall–Kier alpha value is -3.59. The van der Waals surface area contributed by atoms with Gasteiger partial charge in [0.15, 0.2) is 6.10 Å². The number of oxime groups is 1. The Morgan fingerprint density at radius 1 is 1.33 bits per heavy atom. The van der Waals surface area contributed by atoms with Crippen molar-refractivity contribution in [1.82, 2.24) is 4.90 Å². The number of amides is 2. The van der Waals surface area contributed by atoms with Gasteiger partial charge in [-0.1, -0.05) is 47.6 Å². The van der Waals surface area contributed by atoms with E-state index in [-0.39, 0.29) is 12.1 Å². The Morgan fingerprint density at radius 3 is 2.89 bits per heavy atom. The van der Waals surface area contributed by atoms with Gasteiger partial charge in [-0.05, 0) is 23.8 Å². The number of nitrogens with zero attached hydrogens (tertiary/aromatic N) is 3. The molecular formula is C21H20N4O2. The maximum Gasteiger partial charge on any atom is 0.322 e. The molecule has 27 heavy (non-hydrogen) atoms. The van der Waals surface area contributed by atoms with Crippen LogP contribution in [0.3, 0.4) is 0 Å². The summed E-state index contributed by atoms with van der Waals surface area (Å²) in [5.41, 5.74) is 2.96. The van der Waals surface area contributed by atoms with Gasteiger partial charge in [-0.25, -0.2) is 4.79 Å². The number of carbonyl (C=O) groups excluding carboxylic acids is 1. The highest BCUT2D eigenvalue weighted by atomic mass is 16.6. The van der Waals surface area contributed by atoms with E-state index in [1.807, 2.05) is 30.3 Å². The van der Waals surface area contributed by atoms with Crippen molar-refractivity contribution >= 4 is 17.4 Å². The number of hydrogen-bond acceptors (Lipinski definition) is 4. The topological polar surface area (TPSA) is 77.7 Å². The standard InChI is InChI=1S/C21H20N4O2/c1-2-11-25(21(26)23-18-10-6-7-16(12-18)14-22)15-19-13-20(24-27-19)17-8-4-3-5-9-17/h2-10,12,19H,1,11,13,15H2,(H,23,26). The van der Waals surface area contributed by atoms with E-state index in [1.165, 1.54) is 0 Å². The zero-order chi connectivity index (χ0) is 19.1. The number of carbonyl (C=O) groups is 1. The molecular weight excluding hydrogens is 340 g/mol. The number of nitriles is 1. The summed E-state index contributed by atoms with van der Waals surface area (Å²) >= 11 is 0. The molecule has 0 aliphatic carbocycles. The second kappa shape index (κ2) is 8.68. The van der Waals surface area contributed by atoms with Crippen LogP contribution in [-0.4, -0.2) is 35.8 Å². The quantitative estimate of drug-likeness (QED) is 0.797. The first kappa shape index (κ1) is 18.2. The van der Waals surface area contributed by atoms with Crippen molar-refractivity contribution in [1.29, 1.82) is 5.26 Å².